The molecule has 0 saturated heterocycles. The van der Waals surface area contributed by atoms with Gasteiger partial charge >= 0.3 is 5.97 Å². The van der Waals surface area contributed by atoms with Gasteiger partial charge in [-0.2, -0.15) is 0 Å². The van der Waals surface area contributed by atoms with E-state index in [1.165, 1.54) is 6.08 Å². The Morgan fingerprint density at radius 2 is 2.31 bits per heavy atom. The molecule has 0 saturated carbocycles. The average Bonchev–Trinajstić information content (AvgIpc) is 2.07. The van der Waals surface area contributed by atoms with Crippen molar-refractivity contribution in [1.29, 1.82) is 0 Å². The maximum absolute atomic E-state index is 11.1. The van der Waals surface area contributed by atoms with Gasteiger partial charge in [-0.15, -0.1) is 0 Å². The van der Waals surface area contributed by atoms with Crippen LogP contribution >= 0.6 is 0 Å². The SMILES string of the molecule is CCC1=NC(=O)C(C(=O)O)C=C1C. The molecule has 1 aliphatic heterocycles. The number of allylic oxidation sites excluding steroid dienone is 1. The molecule has 1 atom stereocenters. The molecule has 0 bridgehead atoms. The highest BCUT2D eigenvalue weighted by Gasteiger charge is 2.27. The molecule has 13 heavy (non-hydrogen) atoms. The number of carbonyl (C=O) groups is 2. The Morgan fingerprint density at radius 1 is 1.69 bits per heavy atom. The van der Waals surface area contributed by atoms with Crippen molar-refractivity contribution in [3.63, 3.8) is 0 Å². The summed E-state index contributed by atoms with van der Waals surface area (Å²) in [6.07, 6.45) is 2.11. The van der Waals surface area contributed by atoms with Gasteiger partial charge < -0.3 is 5.11 Å². The van der Waals surface area contributed by atoms with E-state index in [0.29, 0.717) is 12.1 Å². The molecule has 0 aromatic rings. The van der Waals surface area contributed by atoms with Crippen molar-refractivity contribution in [2.45, 2.75) is 20.3 Å². The lowest BCUT2D eigenvalue weighted by molar-refractivity contribution is -0.143. The number of carboxylic acid groups (broad SMARTS) is 1. The summed E-state index contributed by atoms with van der Waals surface area (Å²) in [6, 6.07) is 0. The topological polar surface area (TPSA) is 66.7 Å². The van der Waals surface area contributed by atoms with E-state index in [9.17, 15) is 9.59 Å². The summed E-state index contributed by atoms with van der Waals surface area (Å²) in [5.41, 5.74) is 1.47. The van der Waals surface area contributed by atoms with E-state index in [1.807, 2.05) is 6.92 Å². The highest BCUT2D eigenvalue weighted by molar-refractivity contribution is 6.13. The molecule has 0 aliphatic carbocycles. The molecule has 0 spiro atoms. The van der Waals surface area contributed by atoms with Crippen molar-refractivity contribution in [2.24, 2.45) is 10.9 Å². The fourth-order valence-electron chi connectivity index (χ4n) is 1.24. The van der Waals surface area contributed by atoms with E-state index in [2.05, 4.69) is 4.99 Å². The third-order valence-corrected chi connectivity index (χ3v) is 1.98. The van der Waals surface area contributed by atoms with E-state index in [4.69, 9.17) is 5.11 Å². The number of dihydropyridines is 1. The molecule has 1 heterocycles. The predicted molar refractivity (Wildman–Crippen MR) is 47.6 cm³/mol. The average molecular weight is 181 g/mol. The first-order chi connectivity index (χ1) is 6.06. The molecule has 1 unspecified atom stereocenters. The standard InChI is InChI=1S/C9H11NO3/c1-3-7-5(2)4-6(9(12)13)8(11)10-7/h4,6H,3H2,1-2H3,(H,12,13). The molecule has 0 radical (unpaired) electrons. The fraction of sp³-hybridized carbons (Fsp3) is 0.444. The largest absolute Gasteiger partial charge is 0.480 e. The molecular weight excluding hydrogens is 170 g/mol. The number of nitrogens with zero attached hydrogens (tertiary/aromatic N) is 1. The molecule has 0 aromatic carbocycles. The van der Waals surface area contributed by atoms with Crippen LogP contribution in [0.25, 0.3) is 0 Å². The summed E-state index contributed by atoms with van der Waals surface area (Å²) in [4.78, 5) is 25.4. The molecule has 1 aliphatic rings. The Balaban J connectivity index is 2.98. The third-order valence-electron chi connectivity index (χ3n) is 1.98. The zero-order valence-electron chi connectivity index (χ0n) is 7.57. The van der Waals surface area contributed by atoms with Crippen molar-refractivity contribution >= 4 is 17.6 Å². The molecule has 1 amide bonds. The lowest BCUT2D eigenvalue weighted by Crippen LogP contribution is -2.25. The van der Waals surface area contributed by atoms with E-state index in [0.717, 1.165) is 5.57 Å². The normalized spacial score (nSPS) is 22.3. The molecular formula is C9H11NO3. The maximum Gasteiger partial charge on any atom is 0.320 e. The van der Waals surface area contributed by atoms with Crippen LogP contribution in [0.2, 0.25) is 0 Å². The second-order valence-electron chi connectivity index (χ2n) is 2.92. The lowest BCUT2D eigenvalue weighted by Gasteiger charge is -2.13. The van der Waals surface area contributed by atoms with Gasteiger partial charge in [0.25, 0.3) is 5.91 Å². The summed E-state index contributed by atoms with van der Waals surface area (Å²) >= 11 is 0. The lowest BCUT2D eigenvalue weighted by atomic mass is 9.98. The zero-order valence-corrected chi connectivity index (χ0v) is 7.57. The molecule has 1 rings (SSSR count). The summed E-state index contributed by atoms with van der Waals surface area (Å²) in [5.74, 6) is -2.80. The number of aliphatic carboxylic acids is 1. The van der Waals surface area contributed by atoms with Crippen molar-refractivity contribution in [3.8, 4) is 0 Å². The van der Waals surface area contributed by atoms with E-state index < -0.39 is 17.8 Å². The maximum atomic E-state index is 11.1. The number of hydrogen-bond acceptors (Lipinski definition) is 2. The van der Waals surface area contributed by atoms with Gasteiger partial charge in [0.05, 0.1) is 0 Å². The van der Waals surface area contributed by atoms with Crippen LogP contribution in [0.4, 0.5) is 0 Å². The Labute approximate surface area is 76.0 Å². The van der Waals surface area contributed by atoms with Crippen LogP contribution in [-0.2, 0) is 9.59 Å². The molecule has 0 aromatic heterocycles. The first-order valence-electron chi connectivity index (χ1n) is 4.09. The van der Waals surface area contributed by atoms with Crippen LogP contribution in [0.3, 0.4) is 0 Å². The second kappa shape index (κ2) is 3.51. The Hall–Kier alpha value is -1.45. The monoisotopic (exact) mass is 181 g/mol. The van der Waals surface area contributed by atoms with Gasteiger partial charge in [-0.3, -0.25) is 9.59 Å². The van der Waals surface area contributed by atoms with Gasteiger partial charge in [0.1, 0.15) is 0 Å². The second-order valence-corrected chi connectivity index (χ2v) is 2.92. The summed E-state index contributed by atoms with van der Waals surface area (Å²) < 4.78 is 0. The van der Waals surface area contributed by atoms with Crippen molar-refractivity contribution in [2.75, 3.05) is 0 Å². The van der Waals surface area contributed by atoms with Crippen LogP contribution in [0, 0.1) is 5.92 Å². The van der Waals surface area contributed by atoms with Crippen LogP contribution in [-0.4, -0.2) is 22.7 Å². The van der Waals surface area contributed by atoms with E-state index >= 15 is 0 Å². The number of carbonyl (C=O) groups excluding carboxylic acids is 1. The summed E-state index contributed by atoms with van der Waals surface area (Å²) in [5, 5.41) is 8.65. The molecule has 4 nitrogen and oxygen atoms in total. The number of rotatable bonds is 2. The van der Waals surface area contributed by atoms with E-state index in [-0.39, 0.29) is 0 Å². The Kier molecular flexibility index (Phi) is 2.60. The Bertz CT molecular complexity index is 315. The van der Waals surface area contributed by atoms with Crippen molar-refractivity contribution in [3.05, 3.63) is 11.6 Å². The van der Waals surface area contributed by atoms with Gasteiger partial charge in [-0.05, 0) is 18.9 Å². The zero-order chi connectivity index (χ0) is 10.0. The minimum absolute atomic E-state index is 0.574. The van der Waals surface area contributed by atoms with Crippen molar-refractivity contribution < 1.29 is 14.7 Å². The molecule has 0 fully saturated rings. The first-order valence-corrected chi connectivity index (χ1v) is 4.09. The smallest absolute Gasteiger partial charge is 0.320 e. The minimum atomic E-state index is -1.14. The predicted octanol–water partition coefficient (Wildman–Crippen LogP) is 1.02. The van der Waals surface area contributed by atoms with Gasteiger partial charge in [-0.1, -0.05) is 13.0 Å². The highest BCUT2D eigenvalue weighted by atomic mass is 16.4. The molecule has 4 heteroatoms. The van der Waals surface area contributed by atoms with Gasteiger partial charge in [-0.25, -0.2) is 4.99 Å². The number of amides is 1. The number of carboxylic acids is 1. The summed E-state index contributed by atoms with van der Waals surface area (Å²) in [7, 11) is 0. The quantitative estimate of drug-likeness (QED) is 0.647. The van der Waals surface area contributed by atoms with Crippen LogP contribution in [0.5, 0.6) is 0 Å². The number of aliphatic imine (C=N–C) groups is 1. The van der Waals surface area contributed by atoms with Gasteiger partial charge in [0.15, 0.2) is 5.92 Å². The third kappa shape index (κ3) is 1.83. The van der Waals surface area contributed by atoms with Crippen molar-refractivity contribution in [1.82, 2.24) is 0 Å². The highest BCUT2D eigenvalue weighted by Crippen LogP contribution is 2.15. The minimum Gasteiger partial charge on any atom is -0.480 e. The van der Waals surface area contributed by atoms with Gasteiger partial charge in [0, 0.05) is 5.71 Å². The fourth-order valence-corrected chi connectivity index (χ4v) is 1.24. The van der Waals surface area contributed by atoms with Gasteiger partial charge in [0.2, 0.25) is 0 Å². The molecule has 70 valence electrons. The number of hydrogen-bond donors (Lipinski definition) is 1. The van der Waals surface area contributed by atoms with Crippen LogP contribution in [0.15, 0.2) is 16.6 Å². The van der Waals surface area contributed by atoms with E-state index in [1.54, 1.807) is 6.92 Å². The molecule has 1 N–H and O–H groups in total. The van der Waals surface area contributed by atoms with Crippen LogP contribution in [0.1, 0.15) is 20.3 Å². The Morgan fingerprint density at radius 3 is 2.77 bits per heavy atom. The van der Waals surface area contributed by atoms with Crippen LogP contribution < -0.4 is 0 Å². The first kappa shape index (κ1) is 9.64. The summed E-state index contributed by atoms with van der Waals surface area (Å²) in [6.45, 7) is 3.65.